The molecule has 3 aromatic heterocycles. The van der Waals surface area contributed by atoms with Crippen LogP contribution in [0.1, 0.15) is 68.9 Å². The van der Waals surface area contributed by atoms with Crippen molar-refractivity contribution in [1.82, 2.24) is 29.4 Å². The van der Waals surface area contributed by atoms with Crippen LogP contribution in [0.4, 0.5) is 4.79 Å². The summed E-state index contributed by atoms with van der Waals surface area (Å²) in [6, 6.07) is 1.67. The molecule has 4 heterocycles. The number of rotatable bonds is 2. The number of aromatic nitrogens is 5. The number of hydrogen-bond acceptors (Lipinski definition) is 7. The van der Waals surface area contributed by atoms with Crippen LogP contribution in [-0.4, -0.2) is 54.2 Å². The second-order valence-electron chi connectivity index (χ2n) is 9.72. The van der Waals surface area contributed by atoms with Crippen molar-refractivity contribution < 1.29 is 9.53 Å². The Bertz CT molecular complexity index is 1260. The van der Waals surface area contributed by atoms with Crippen LogP contribution in [-0.2, 0) is 11.2 Å². The quantitative estimate of drug-likeness (QED) is 0.593. The zero-order valence-electron chi connectivity index (χ0n) is 19.2. The van der Waals surface area contributed by atoms with E-state index in [0.717, 1.165) is 29.8 Å². The summed E-state index contributed by atoms with van der Waals surface area (Å²) in [5.41, 5.74) is 3.18. The number of hydrogen-bond donors (Lipinski definition) is 0. The van der Waals surface area contributed by atoms with Crippen LogP contribution in [0.3, 0.4) is 0 Å². The van der Waals surface area contributed by atoms with E-state index in [4.69, 9.17) is 4.74 Å². The Kier molecular flexibility index (Phi) is 5.34. The number of carbonyl (C=O) groups is 1. The summed E-state index contributed by atoms with van der Waals surface area (Å²) >= 11 is 0. The third kappa shape index (κ3) is 4.07. The van der Waals surface area contributed by atoms with E-state index in [1.54, 1.807) is 34.3 Å². The summed E-state index contributed by atoms with van der Waals surface area (Å²) in [4.78, 5) is 46.0. The van der Waals surface area contributed by atoms with Gasteiger partial charge in [-0.15, -0.1) is 0 Å². The molecule has 2 aliphatic rings. The van der Waals surface area contributed by atoms with E-state index in [-0.39, 0.29) is 23.6 Å². The number of ether oxygens (including phenoxy) is 1. The van der Waals surface area contributed by atoms with Crippen molar-refractivity contribution in [3.63, 3.8) is 0 Å². The minimum absolute atomic E-state index is 0.0385. The van der Waals surface area contributed by atoms with E-state index in [2.05, 4.69) is 19.9 Å². The summed E-state index contributed by atoms with van der Waals surface area (Å²) in [5, 5.41) is 0. The predicted octanol–water partition coefficient (Wildman–Crippen LogP) is 3.23. The second kappa shape index (κ2) is 8.20. The summed E-state index contributed by atoms with van der Waals surface area (Å²) in [6.07, 6.45) is 9.25. The van der Waals surface area contributed by atoms with Crippen LogP contribution in [0.25, 0.3) is 11.2 Å². The third-order valence-corrected chi connectivity index (χ3v) is 6.37. The molecule has 172 valence electrons. The van der Waals surface area contributed by atoms with Gasteiger partial charge in [-0.25, -0.2) is 9.78 Å². The normalized spacial score (nSPS) is 19.0. The number of carbonyl (C=O) groups excluding carboxylic acids is 1. The summed E-state index contributed by atoms with van der Waals surface area (Å²) < 4.78 is 7.27. The number of aryl methyl sites for hydroxylation is 1. The fraction of sp³-hybridized carbons (Fsp3) is 0.500. The fourth-order valence-corrected chi connectivity index (χ4v) is 4.86. The molecule has 1 unspecified atom stereocenters. The van der Waals surface area contributed by atoms with E-state index in [1.807, 2.05) is 26.8 Å². The van der Waals surface area contributed by atoms with Crippen LogP contribution < -0.4 is 5.56 Å². The van der Waals surface area contributed by atoms with Gasteiger partial charge in [0.05, 0.1) is 17.4 Å². The molecule has 1 saturated heterocycles. The van der Waals surface area contributed by atoms with Crippen molar-refractivity contribution in [2.24, 2.45) is 0 Å². The van der Waals surface area contributed by atoms with Gasteiger partial charge in [0.2, 0.25) is 0 Å². The molecule has 9 nitrogen and oxygen atoms in total. The maximum atomic E-state index is 13.8. The van der Waals surface area contributed by atoms with Crippen LogP contribution in [0, 0.1) is 0 Å². The Morgan fingerprint density at radius 2 is 1.70 bits per heavy atom. The van der Waals surface area contributed by atoms with Crippen LogP contribution >= 0.6 is 0 Å². The number of fused-ring (bicyclic) bond motifs is 2. The zero-order valence-corrected chi connectivity index (χ0v) is 19.2. The molecule has 33 heavy (non-hydrogen) atoms. The Balaban J connectivity index is 1.48. The number of nitrogens with zero attached hydrogens (tertiary/aromatic N) is 6. The second-order valence-corrected chi connectivity index (χ2v) is 9.72. The SMILES string of the molecule is CC(C)(C)OC(=O)N1CCC(c2cc3nccnc3n(C3CCc4nccnc43)c2=O)CC1. The Morgan fingerprint density at radius 1 is 1.00 bits per heavy atom. The monoisotopic (exact) mass is 448 g/mol. The van der Waals surface area contributed by atoms with Crippen LogP contribution in [0.2, 0.25) is 0 Å². The van der Waals surface area contributed by atoms with Gasteiger partial charge in [-0.2, -0.15) is 0 Å². The number of pyridine rings is 1. The molecule has 1 aliphatic carbocycles. The minimum Gasteiger partial charge on any atom is -0.444 e. The third-order valence-electron chi connectivity index (χ3n) is 6.37. The highest BCUT2D eigenvalue weighted by Gasteiger charge is 2.33. The first-order valence-corrected chi connectivity index (χ1v) is 11.5. The number of amides is 1. The minimum atomic E-state index is -0.529. The van der Waals surface area contributed by atoms with E-state index < -0.39 is 5.60 Å². The lowest BCUT2D eigenvalue weighted by atomic mass is 9.90. The highest BCUT2D eigenvalue weighted by Crippen LogP contribution is 2.34. The molecule has 0 radical (unpaired) electrons. The van der Waals surface area contributed by atoms with Crippen molar-refractivity contribution in [2.75, 3.05) is 13.1 Å². The van der Waals surface area contributed by atoms with E-state index in [0.29, 0.717) is 37.1 Å². The first-order chi connectivity index (χ1) is 15.8. The van der Waals surface area contributed by atoms with Crippen molar-refractivity contribution >= 4 is 17.3 Å². The maximum Gasteiger partial charge on any atom is 0.410 e. The standard InChI is InChI=1S/C24H28N6O3/c1-24(2,3)33-23(32)29-12-6-15(7-13-29)16-14-18-21(28-11-9-26-18)30(22(16)31)19-5-4-17-20(19)27-10-8-25-17/h8-11,14-15,19H,4-7,12-13H2,1-3H3. The molecule has 0 bridgehead atoms. The summed E-state index contributed by atoms with van der Waals surface area (Å²) in [7, 11) is 0. The molecule has 0 spiro atoms. The van der Waals surface area contributed by atoms with Gasteiger partial charge in [0.25, 0.3) is 5.56 Å². The molecule has 3 aromatic rings. The zero-order chi connectivity index (χ0) is 23.2. The van der Waals surface area contributed by atoms with Crippen molar-refractivity contribution in [3.05, 3.63) is 58.2 Å². The topological polar surface area (TPSA) is 103 Å². The predicted molar refractivity (Wildman–Crippen MR) is 122 cm³/mol. The molecular formula is C24H28N6O3. The van der Waals surface area contributed by atoms with Gasteiger partial charge in [-0.1, -0.05) is 0 Å². The number of likely N-dealkylation sites (tertiary alicyclic amines) is 1. The lowest BCUT2D eigenvalue weighted by Crippen LogP contribution is -2.42. The molecule has 9 heteroatoms. The average molecular weight is 449 g/mol. The lowest BCUT2D eigenvalue weighted by molar-refractivity contribution is 0.0204. The van der Waals surface area contributed by atoms with Crippen LogP contribution in [0.15, 0.2) is 35.6 Å². The van der Waals surface area contributed by atoms with Gasteiger partial charge in [0, 0.05) is 43.4 Å². The van der Waals surface area contributed by atoms with E-state index in [1.165, 1.54) is 0 Å². The van der Waals surface area contributed by atoms with Crippen molar-refractivity contribution in [2.45, 2.75) is 64.0 Å². The van der Waals surface area contributed by atoms with Gasteiger partial charge in [-0.05, 0) is 58.4 Å². The maximum absolute atomic E-state index is 13.8. The molecule has 1 aliphatic heterocycles. The molecule has 0 N–H and O–H groups in total. The first-order valence-electron chi connectivity index (χ1n) is 11.5. The molecule has 5 rings (SSSR count). The highest BCUT2D eigenvalue weighted by atomic mass is 16.6. The molecule has 1 fully saturated rings. The van der Waals surface area contributed by atoms with Gasteiger partial charge >= 0.3 is 6.09 Å². The molecule has 0 saturated carbocycles. The first kappa shape index (κ1) is 21.5. The van der Waals surface area contributed by atoms with Crippen LogP contribution in [0.5, 0.6) is 0 Å². The number of piperidine rings is 1. The molecular weight excluding hydrogens is 420 g/mol. The molecule has 1 atom stereocenters. The van der Waals surface area contributed by atoms with Gasteiger partial charge in [-0.3, -0.25) is 24.3 Å². The molecule has 1 amide bonds. The van der Waals surface area contributed by atoms with E-state index in [9.17, 15) is 9.59 Å². The Morgan fingerprint density at radius 3 is 2.45 bits per heavy atom. The molecule has 0 aromatic carbocycles. The van der Waals surface area contributed by atoms with Gasteiger partial charge in [0.15, 0.2) is 5.65 Å². The fourth-order valence-electron chi connectivity index (χ4n) is 4.86. The summed E-state index contributed by atoms with van der Waals surface area (Å²) in [6.45, 7) is 6.69. The lowest BCUT2D eigenvalue weighted by Gasteiger charge is -2.33. The Hall–Kier alpha value is -3.36. The Labute approximate surface area is 191 Å². The summed E-state index contributed by atoms with van der Waals surface area (Å²) in [5.74, 6) is 0.0385. The largest absolute Gasteiger partial charge is 0.444 e. The smallest absolute Gasteiger partial charge is 0.410 e. The van der Waals surface area contributed by atoms with Gasteiger partial charge in [0.1, 0.15) is 11.1 Å². The van der Waals surface area contributed by atoms with Crippen molar-refractivity contribution in [1.29, 1.82) is 0 Å². The average Bonchev–Trinajstić information content (AvgIpc) is 3.21. The highest BCUT2D eigenvalue weighted by molar-refractivity contribution is 5.71. The van der Waals surface area contributed by atoms with E-state index >= 15 is 0 Å². The van der Waals surface area contributed by atoms with Crippen molar-refractivity contribution in [3.8, 4) is 0 Å². The van der Waals surface area contributed by atoms with Gasteiger partial charge < -0.3 is 9.64 Å².